The van der Waals surface area contributed by atoms with Crippen LogP contribution in [-0.2, 0) is 4.79 Å². The van der Waals surface area contributed by atoms with Crippen LogP contribution < -0.4 is 5.32 Å². The summed E-state index contributed by atoms with van der Waals surface area (Å²) in [6.07, 6.45) is 3.09. The van der Waals surface area contributed by atoms with E-state index in [9.17, 15) is 14.7 Å². The van der Waals surface area contributed by atoms with Crippen LogP contribution in [0.4, 0.5) is 0 Å². The van der Waals surface area contributed by atoms with Gasteiger partial charge in [-0.1, -0.05) is 6.92 Å². The number of rotatable bonds is 4. The average Bonchev–Trinajstić information content (AvgIpc) is 2.84. The standard InChI is InChI=1S/C14H18BrNO3S/c1-9-2-4-14(5-3-9,13(18)19)8-16-12(17)10-6-11(15)20-7-10/h6-7,9H,2-5,8H2,1H3,(H,16,17)(H,18,19). The molecule has 1 aromatic heterocycles. The molecule has 0 unspecified atom stereocenters. The molecule has 1 fully saturated rings. The summed E-state index contributed by atoms with van der Waals surface area (Å²) in [5, 5.41) is 14.1. The van der Waals surface area contributed by atoms with Gasteiger partial charge in [-0.3, -0.25) is 9.59 Å². The molecule has 0 aromatic carbocycles. The zero-order chi connectivity index (χ0) is 14.8. The van der Waals surface area contributed by atoms with Crippen LogP contribution in [0.25, 0.3) is 0 Å². The number of hydrogen-bond donors (Lipinski definition) is 2. The van der Waals surface area contributed by atoms with Crippen LogP contribution in [0.1, 0.15) is 43.0 Å². The molecule has 0 aliphatic heterocycles. The molecule has 1 heterocycles. The second-order valence-electron chi connectivity index (χ2n) is 5.59. The van der Waals surface area contributed by atoms with Crippen molar-refractivity contribution in [2.45, 2.75) is 32.6 Å². The molecule has 1 aliphatic carbocycles. The summed E-state index contributed by atoms with van der Waals surface area (Å²) >= 11 is 4.75. The molecule has 2 rings (SSSR count). The molecule has 110 valence electrons. The number of nitrogens with one attached hydrogen (secondary N) is 1. The van der Waals surface area contributed by atoms with E-state index in [1.165, 1.54) is 11.3 Å². The van der Waals surface area contributed by atoms with Gasteiger partial charge in [0.25, 0.3) is 5.91 Å². The SMILES string of the molecule is CC1CCC(CNC(=O)c2csc(Br)c2)(C(=O)O)CC1. The zero-order valence-corrected chi connectivity index (χ0v) is 13.7. The van der Waals surface area contributed by atoms with E-state index >= 15 is 0 Å². The van der Waals surface area contributed by atoms with Crippen molar-refractivity contribution in [3.63, 3.8) is 0 Å². The number of carbonyl (C=O) groups excluding carboxylic acids is 1. The first-order chi connectivity index (χ1) is 9.43. The van der Waals surface area contributed by atoms with Gasteiger partial charge >= 0.3 is 5.97 Å². The quantitative estimate of drug-likeness (QED) is 0.863. The lowest BCUT2D eigenvalue weighted by molar-refractivity contribution is -0.151. The van der Waals surface area contributed by atoms with E-state index in [1.54, 1.807) is 11.4 Å². The highest BCUT2D eigenvalue weighted by Crippen LogP contribution is 2.38. The van der Waals surface area contributed by atoms with Crippen LogP contribution in [0.2, 0.25) is 0 Å². The maximum atomic E-state index is 12.0. The predicted molar refractivity (Wildman–Crippen MR) is 82.1 cm³/mol. The summed E-state index contributed by atoms with van der Waals surface area (Å²) in [5.41, 5.74) is -0.221. The highest BCUT2D eigenvalue weighted by Gasteiger charge is 2.41. The van der Waals surface area contributed by atoms with Crippen molar-refractivity contribution < 1.29 is 14.7 Å². The first-order valence-electron chi connectivity index (χ1n) is 6.68. The monoisotopic (exact) mass is 359 g/mol. The first-order valence-corrected chi connectivity index (χ1v) is 8.36. The lowest BCUT2D eigenvalue weighted by atomic mass is 9.71. The molecule has 1 amide bonds. The lowest BCUT2D eigenvalue weighted by Crippen LogP contribution is -2.45. The van der Waals surface area contributed by atoms with E-state index < -0.39 is 11.4 Å². The predicted octanol–water partition coefficient (Wildman–Crippen LogP) is 3.52. The molecule has 0 spiro atoms. The average molecular weight is 360 g/mol. The molecule has 1 saturated carbocycles. The molecule has 0 radical (unpaired) electrons. The van der Waals surface area contributed by atoms with Crippen molar-refractivity contribution in [2.75, 3.05) is 6.54 Å². The Hall–Kier alpha value is -0.880. The molecule has 4 nitrogen and oxygen atoms in total. The van der Waals surface area contributed by atoms with Gasteiger partial charge in [0, 0.05) is 11.9 Å². The summed E-state index contributed by atoms with van der Waals surface area (Å²) in [4.78, 5) is 23.6. The van der Waals surface area contributed by atoms with Crippen molar-refractivity contribution in [1.82, 2.24) is 5.32 Å². The highest BCUT2D eigenvalue weighted by atomic mass is 79.9. The van der Waals surface area contributed by atoms with E-state index in [2.05, 4.69) is 28.2 Å². The van der Waals surface area contributed by atoms with Gasteiger partial charge in [0.2, 0.25) is 0 Å². The fraction of sp³-hybridized carbons (Fsp3) is 0.571. The van der Waals surface area contributed by atoms with E-state index in [4.69, 9.17) is 0 Å². The van der Waals surface area contributed by atoms with Gasteiger partial charge in [0.15, 0.2) is 0 Å². The van der Waals surface area contributed by atoms with Crippen molar-refractivity contribution in [3.05, 3.63) is 20.8 Å². The maximum absolute atomic E-state index is 12.0. The van der Waals surface area contributed by atoms with Gasteiger partial charge in [-0.15, -0.1) is 11.3 Å². The minimum atomic E-state index is -0.796. The van der Waals surface area contributed by atoms with Crippen LogP contribution in [0.3, 0.4) is 0 Å². The van der Waals surface area contributed by atoms with Gasteiger partial charge in [0.1, 0.15) is 0 Å². The number of hydrogen-bond acceptors (Lipinski definition) is 3. The van der Waals surface area contributed by atoms with Gasteiger partial charge in [-0.05, 0) is 53.6 Å². The molecular weight excluding hydrogens is 342 g/mol. The van der Waals surface area contributed by atoms with E-state index in [-0.39, 0.29) is 12.5 Å². The molecule has 2 N–H and O–H groups in total. The van der Waals surface area contributed by atoms with Gasteiger partial charge in [-0.2, -0.15) is 0 Å². The molecule has 0 saturated heterocycles. The Morgan fingerprint density at radius 3 is 2.65 bits per heavy atom. The number of carboxylic acids is 1. The second kappa shape index (κ2) is 6.26. The summed E-state index contributed by atoms with van der Waals surface area (Å²) in [6.45, 7) is 2.36. The molecular formula is C14H18BrNO3S. The number of carboxylic acid groups (broad SMARTS) is 1. The minimum Gasteiger partial charge on any atom is -0.481 e. The Labute approximate surface area is 130 Å². The highest BCUT2D eigenvalue weighted by molar-refractivity contribution is 9.11. The molecule has 1 aliphatic rings. The third-order valence-electron chi connectivity index (χ3n) is 4.10. The molecule has 0 bridgehead atoms. The molecule has 1 aromatic rings. The Morgan fingerprint density at radius 1 is 1.50 bits per heavy atom. The van der Waals surface area contributed by atoms with Crippen LogP contribution in [0, 0.1) is 11.3 Å². The summed E-state index contributed by atoms with van der Waals surface area (Å²) < 4.78 is 0.891. The van der Waals surface area contributed by atoms with Gasteiger partial charge in [0.05, 0.1) is 14.8 Å². The van der Waals surface area contributed by atoms with Gasteiger partial charge < -0.3 is 10.4 Å². The van der Waals surface area contributed by atoms with E-state index in [1.807, 2.05) is 0 Å². The van der Waals surface area contributed by atoms with Crippen LogP contribution in [0.15, 0.2) is 15.2 Å². The van der Waals surface area contributed by atoms with Crippen molar-refractivity contribution >= 4 is 39.1 Å². The van der Waals surface area contributed by atoms with E-state index in [0.29, 0.717) is 24.3 Å². The first kappa shape index (κ1) is 15.5. The summed E-state index contributed by atoms with van der Waals surface area (Å²) in [7, 11) is 0. The van der Waals surface area contributed by atoms with Gasteiger partial charge in [-0.25, -0.2) is 0 Å². The largest absolute Gasteiger partial charge is 0.481 e. The molecule has 6 heteroatoms. The Balaban J connectivity index is 1.99. The maximum Gasteiger partial charge on any atom is 0.311 e. The third kappa shape index (κ3) is 3.41. The Morgan fingerprint density at radius 2 is 2.15 bits per heavy atom. The number of amides is 1. The van der Waals surface area contributed by atoms with Crippen LogP contribution in [0.5, 0.6) is 0 Å². The minimum absolute atomic E-state index is 0.203. The van der Waals surface area contributed by atoms with Crippen molar-refractivity contribution in [2.24, 2.45) is 11.3 Å². The molecule has 20 heavy (non-hydrogen) atoms. The van der Waals surface area contributed by atoms with Crippen LogP contribution in [-0.4, -0.2) is 23.5 Å². The fourth-order valence-corrected chi connectivity index (χ4v) is 3.70. The number of halogens is 1. The van der Waals surface area contributed by atoms with Crippen molar-refractivity contribution in [1.29, 1.82) is 0 Å². The van der Waals surface area contributed by atoms with Crippen LogP contribution >= 0.6 is 27.3 Å². The fourth-order valence-electron chi connectivity index (χ4n) is 2.56. The smallest absolute Gasteiger partial charge is 0.311 e. The molecule has 0 atom stereocenters. The Kier molecular flexibility index (Phi) is 4.86. The second-order valence-corrected chi connectivity index (χ2v) is 7.88. The number of aliphatic carboxylic acids is 1. The van der Waals surface area contributed by atoms with Crippen molar-refractivity contribution in [3.8, 4) is 0 Å². The Bertz CT molecular complexity index is 506. The van der Waals surface area contributed by atoms with E-state index in [0.717, 1.165) is 16.6 Å². The number of carbonyl (C=O) groups is 2. The third-order valence-corrected chi connectivity index (χ3v) is 5.61. The summed E-state index contributed by atoms with van der Waals surface area (Å²) in [6, 6.07) is 1.75. The zero-order valence-electron chi connectivity index (χ0n) is 11.3. The number of thiophene rings is 1. The summed E-state index contributed by atoms with van der Waals surface area (Å²) in [5.74, 6) is -0.423. The lowest BCUT2D eigenvalue weighted by Gasteiger charge is -2.35. The normalized spacial score (nSPS) is 26.2. The topological polar surface area (TPSA) is 66.4 Å².